The van der Waals surface area contributed by atoms with Gasteiger partial charge >= 0.3 is 5.97 Å². The molecule has 0 spiro atoms. The van der Waals surface area contributed by atoms with Crippen LogP contribution in [-0.4, -0.2) is 34.5 Å². The van der Waals surface area contributed by atoms with Crippen LogP contribution >= 0.6 is 0 Å². The van der Waals surface area contributed by atoms with Gasteiger partial charge in [-0.2, -0.15) is 0 Å². The third-order valence-corrected chi connectivity index (χ3v) is 4.32. The molecule has 1 saturated carbocycles. The molecular formula is C13H21NO3. The summed E-state index contributed by atoms with van der Waals surface area (Å²) in [5.74, 6) is -0.624. The first-order valence-electron chi connectivity index (χ1n) is 6.49. The largest absolute Gasteiger partial charge is 0.480 e. The maximum atomic E-state index is 12.3. The lowest BCUT2D eigenvalue weighted by atomic mass is 9.86. The van der Waals surface area contributed by atoms with Crippen LogP contribution in [0.1, 0.15) is 46.0 Å². The van der Waals surface area contributed by atoms with Gasteiger partial charge in [-0.05, 0) is 45.4 Å². The highest BCUT2D eigenvalue weighted by atomic mass is 16.4. The number of aliphatic carboxylic acids is 1. The van der Waals surface area contributed by atoms with Crippen molar-refractivity contribution < 1.29 is 14.7 Å². The minimum absolute atomic E-state index is 0.207. The molecule has 0 bridgehead atoms. The monoisotopic (exact) mass is 239 g/mol. The van der Waals surface area contributed by atoms with Gasteiger partial charge in [-0.1, -0.05) is 6.42 Å². The lowest BCUT2D eigenvalue weighted by Gasteiger charge is -2.40. The zero-order valence-corrected chi connectivity index (χ0v) is 10.6. The van der Waals surface area contributed by atoms with Crippen molar-refractivity contribution in [2.75, 3.05) is 6.54 Å². The first-order chi connectivity index (χ1) is 7.94. The van der Waals surface area contributed by atoms with Crippen molar-refractivity contribution in [2.45, 2.75) is 52.0 Å². The molecule has 4 nitrogen and oxygen atoms in total. The van der Waals surface area contributed by atoms with Gasteiger partial charge in [0.05, 0.1) is 0 Å². The van der Waals surface area contributed by atoms with Crippen molar-refractivity contribution in [3.8, 4) is 0 Å². The number of piperidine rings is 1. The standard InChI is InChI=1S/C13H21NO3/c1-13(2,12(16)17)11(15)14-8-4-6-9-5-3-7-10(9)14/h9-10H,3-8H2,1-2H3,(H,16,17). The predicted molar refractivity (Wildman–Crippen MR) is 63.5 cm³/mol. The van der Waals surface area contributed by atoms with E-state index >= 15 is 0 Å². The Labute approximate surface area is 102 Å². The number of hydrogen-bond acceptors (Lipinski definition) is 2. The molecule has 2 atom stereocenters. The summed E-state index contributed by atoms with van der Waals surface area (Å²) >= 11 is 0. The van der Waals surface area contributed by atoms with Crippen molar-refractivity contribution in [1.82, 2.24) is 4.90 Å². The molecule has 1 aliphatic carbocycles. The van der Waals surface area contributed by atoms with E-state index < -0.39 is 11.4 Å². The van der Waals surface area contributed by atoms with E-state index in [0.29, 0.717) is 12.0 Å². The van der Waals surface area contributed by atoms with Crippen LogP contribution in [0.15, 0.2) is 0 Å². The summed E-state index contributed by atoms with van der Waals surface area (Å²) < 4.78 is 0. The summed E-state index contributed by atoms with van der Waals surface area (Å²) in [5, 5.41) is 9.14. The number of carboxylic acid groups (broad SMARTS) is 1. The SMILES string of the molecule is CC(C)(C(=O)O)C(=O)N1CCCC2CCCC21. The van der Waals surface area contributed by atoms with E-state index in [-0.39, 0.29) is 5.91 Å². The molecule has 1 heterocycles. The zero-order valence-electron chi connectivity index (χ0n) is 10.6. The van der Waals surface area contributed by atoms with E-state index in [4.69, 9.17) is 5.11 Å². The Kier molecular flexibility index (Phi) is 3.15. The van der Waals surface area contributed by atoms with Gasteiger partial charge in [0.15, 0.2) is 0 Å². The maximum Gasteiger partial charge on any atom is 0.318 e. The fourth-order valence-electron chi connectivity index (χ4n) is 3.16. The lowest BCUT2D eigenvalue weighted by Crippen LogP contribution is -2.53. The summed E-state index contributed by atoms with van der Waals surface area (Å²) in [6.45, 7) is 3.75. The van der Waals surface area contributed by atoms with Crippen LogP contribution < -0.4 is 0 Å². The van der Waals surface area contributed by atoms with Crippen LogP contribution in [-0.2, 0) is 9.59 Å². The molecule has 2 unspecified atom stereocenters. The second kappa shape index (κ2) is 4.31. The molecule has 96 valence electrons. The van der Waals surface area contributed by atoms with Crippen molar-refractivity contribution >= 4 is 11.9 Å². The molecule has 2 fully saturated rings. The quantitative estimate of drug-likeness (QED) is 0.749. The Morgan fingerprint density at radius 1 is 1.18 bits per heavy atom. The smallest absolute Gasteiger partial charge is 0.318 e. The number of amides is 1. The Morgan fingerprint density at radius 2 is 1.82 bits per heavy atom. The summed E-state index contributed by atoms with van der Waals surface area (Å²) in [4.78, 5) is 25.3. The molecule has 0 aromatic rings. The summed E-state index contributed by atoms with van der Waals surface area (Å²) in [6, 6.07) is 0.301. The molecule has 0 radical (unpaired) electrons. The fourth-order valence-corrected chi connectivity index (χ4v) is 3.16. The third kappa shape index (κ3) is 2.05. The van der Waals surface area contributed by atoms with Gasteiger partial charge in [0.25, 0.3) is 0 Å². The Balaban J connectivity index is 2.16. The van der Waals surface area contributed by atoms with Crippen LogP contribution in [0.2, 0.25) is 0 Å². The molecule has 1 N–H and O–H groups in total. The third-order valence-electron chi connectivity index (χ3n) is 4.32. The number of carboxylic acids is 1. The van der Waals surface area contributed by atoms with E-state index in [1.165, 1.54) is 33.1 Å². The van der Waals surface area contributed by atoms with Crippen LogP contribution in [0.25, 0.3) is 0 Å². The van der Waals surface area contributed by atoms with Crippen molar-refractivity contribution in [2.24, 2.45) is 11.3 Å². The second-order valence-corrected chi connectivity index (χ2v) is 5.83. The van der Waals surface area contributed by atoms with E-state index in [1.807, 2.05) is 4.90 Å². The molecule has 17 heavy (non-hydrogen) atoms. The van der Waals surface area contributed by atoms with E-state index in [2.05, 4.69) is 0 Å². The molecule has 2 aliphatic rings. The number of carbonyl (C=O) groups excluding carboxylic acids is 1. The molecule has 0 aromatic heterocycles. The number of rotatable bonds is 2. The summed E-state index contributed by atoms with van der Waals surface area (Å²) in [5.41, 5.74) is -1.29. The Morgan fingerprint density at radius 3 is 2.47 bits per heavy atom. The zero-order chi connectivity index (χ0) is 12.6. The number of likely N-dealkylation sites (tertiary alicyclic amines) is 1. The molecular weight excluding hydrogens is 218 g/mol. The fraction of sp³-hybridized carbons (Fsp3) is 0.846. The van der Waals surface area contributed by atoms with Crippen molar-refractivity contribution in [1.29, 1.82) is 0 Å². The van der Waals surface area contributed by atoms with Crippen LogP contribution in [0.3, 0.4) is 0 Å². The average molecular weight is 239 g/mol. The predicted octanol–water partition coefficient (Wildman–Crippen LogP) is 1.89. The normalized spacial score (nSPS) is 28.9. The average Bonchev–Trinajstić information content (AvgIpc) is 2.75. The summed E-state index contributed by atoms with van der Waals surface area (Å²) in [7, 11) is 0. The van der Waals surface area contributed by atoms with Crippen LogP contribution in [0.4, 0.5) is 0 Å². The highest BCUT2D eigenvalue weighted by molar-refractivity contribution is 6.01. The number of fused-ring (bicyclic) bond motifs is 1. The van der Waals surface area contributed by atoms with Crippen LogP contribution in [0, 0.1) is 11.3 Å². The van der Waals surface area contributed by atoms with Gasteiger partial charge in [0.2, 0.25) is 5.91 Å². The molecule has 1 aliphatic heterocycles. The molecule has 0 aromatic carbocycles. The maximum absolute atomic E-state index is 12.3. The van der Waals surface area contributed by atoms with Gasteiger partial charge in [-0.15, -0.1) is 0 Å². The van der Waals surface area contributed by atoms with Gasteiger partial charge in [0.1, 0.15) is 5.41 Å². The van der Waals surface area contributed by atoms with Crippen molar-refractivity contribution in [3.63, 3.8) is 0 Å². The molecule has 4 heteroatoms. The molecule has 1 amide bonds. The minimum Gasteiger partial charge on any atom is -0.480 e. The molecule has 2 rings (SSSR count). The van der Waals surface area contributed by atoms with E-state index in [0.717, 1.165) is 19.4 Å². The Bertz CT molecular complexity index is 338. The second-order valence-electron chi connectivity index (χ2n) is 5.83. The Hall–Kier alpha value is -1.06. The summed E-state index contributed by atoms with van der Waals surface area (Å²) in [6.07, 6.45) is 5.63. The molecule has 1 saturated heterocycles. The van der Waals surface area contributed by atoms with Gasteiger partial charge in [0, 0.05) is 12.6 Å². The van der Waals surface area contributed by atoms with Gasteiger partial charge < -0.3 is 10.0 Å². The van der Waals surface area contributed by atoms with E-state index in [1.54, 1.807) is 0 Å². The number of nitrogens with zero attached hydrogens (tertiary/aromatic N) is 1. The highest BCUT2D eigenvalue weighted by Crippen LogP contribution is 2.38. The first kappa shape index (κ1) is 12.4. The van der Waals surface area contributed by atoms with Gasteiger partial charge in [-0.25, -0.2) is 0 Å². The van der Waals surface area contributed by atoms with Crippen molar-refractivity contribution in [3.05, 3.63) is 0 Å². The first-order valence-corrected chi connectivity index (χ1v) is 6.49. The van der Waals surface area contributed by atoms with Gasteiger partial charge in [-0.3, -0.25) is 9.59 Å². The highest BCUT2D eigenvalue weighted by Gasteiger charge is 2.45. The number of carbonyl (C=O) groups is 2. The lowest BCUT2D eigenvalue weighted by molar-refractivity contribution is -0.160. The number of hydrogen-bond donors (Lipinski definition) is 1. The topological polar surface area (TPSA) is 57.6 Å². The van der Waals surface area contributed by atoms with Crippen LogP contribution in [0.5, 0.6) is 0 Å². The minimum atomic E-state index is -1.29. The van der Waals surface area contributed by atoms with E-state index in [9.17, 15) is 9.59 Å².